The van der Waals surface area contributed by atoms with E-state index < -0.39 is 27.2 Å². The molecule has 3 aromatic carbocycles. The van der Waals surface area contributed by atoms with Gasteiger partial charge in [0.1, 0.15) is 5.58 Å². The Labute approximate surface area is 191 Å². The maximum atomic E-state index is 12.8. The van der Waals surface area contributed by atoms with Crippen LogP contribution in [0.5, 0.6) is 17.2 Å². The smallest absolute Gasteiger partial charge is 0.335 e. The van der Waals surface area contributed by atoms with E-state index in [9.17, 15) is 23.1 Å². The van der Waals surface area contributed by atoms with Gasteiger partial charge in [0.2, 0.25) is 18.0 Å². The molecule has 0 saturated carbocycles. The van der Waals surface area contributed by atoms with Gasteiger partial charge in [-0.05, 0) is 60.7 Å². The highest BCUT2D eigenvalue weighted by molar-refractivity contribution is 7.92. The first-order valence-corrected chi connectivity index (χ1v) is 11.3. The first kappa shape index (κ1) is 21.3. The molecule has 0 atom stereocenters. The molecule has 0 bridgehead atoms. The lowest BCUT2D eigenvalue weighted by atomic mass is 10.1. The molecule has 5 rings (SSSR count). The Hall–Kier alpha value is -4.51. The summed E-state index contributed by atoms with van der Waals surface area (Å²) in [7, 11) is -4.07. The van der Waals surface area contributed by atoms with Crippen molar-refractivity contribution in [2.45, 2.75) is 4.90 Å². The number of sulfonamides is 1. The van der Waals surface area contributed by atoms with E-state index in [-0.39, 0.29) is 39.7 Å². The zero-order chi connectivity index (χ0) is 24.0. The van der Waals surface area contributed by atoms with Crippen molar-refractivity contribution in [1.82, 2.24) is 0 Å². The summed E-state index contributed by atoms with van der Waals surface area (Å²) in [4.78, 5) is 23.7. The molecule has 1 aliphatic heterocycles. The van der Waals surface area contributed by atoms with Gasteiger partial charge in [-0.2, -0.15) is 0 Å². The van der Waals surface area contributed by atoms with Crippen LogP contribution in [0.25, 0.3) is 22.3 Å². The van der Waals surface area contributed by atoms with Gasteiger partial charge >= 0.3 is 5.97 Å². The molecule has 0 aliphatic carbocycles. The molecule has 0 spiro atoms. The number of fused-ring (bicyclic) bond motifs is 2. The Kier molecular flexibility index (Phi) is 4.91. The van der Waals surface area contributed by atoms with E-state index in [1.807, 2.05) is 0 Å². The summed E-state index contributed by atoms with van der Waals surface area (Å²) in [6.07, 6.45) is 0. The van der Waals surface area contributed by atoms with Crippen molar-refractivity contribution in [3.63, 3.8) is 0 Å². The fraction of sp³-hybridized carbons (Fsp3) is 0.0435. The number of carboxylic acid groups (broad SMARTS) is 1. The van der Waals surface area contributed by atoms with Crippen LogP contribution in [-0.4, -0.2) is 31.4 Å². The van der Waals surface area contributed by atoms with Crippen LogP contribution < -0.4 is 19.6 Å². The van der Waals surface area contributed by atoms with Crippen LogP contribution in [0.1, 0.15) is 10.4 Å². The number of ether oxygens (including phenoxy) is 2. The van der Waals surface area contributed by atoms with Gasteiger partial charge in [-0.25, -0.2) is 13.2 Å². The largest absolute Gasteiger partial charge is 0.502 e. The van der Waals surface area contributed by atoms with Gasteiger partial charge in [-0.1, -0.05) is 0 Å². The molecule has 0 saturated heterocycles. The van der Waals surface area contributed by atoms with E-state index in [1.54, 1.807) is 18.2 Å². The molecule has 10 nitrogen and oxygen atoms in total. The predicted molar refractivity (Wildman–Crippen MR) is 120 cm³/mol. The van der Waals surface area contributed by atoms with Crippen molar-refractivity contribution in [2.24, 2.45) is 0 Å². The summed E-state index contributed by atoms with van der Waals surface area (Å²) < 4.78 is 44.0. The average molecular weight is 481 g/mol. The first-order valence-electron chi connectivity index (χ1n) is 9.79. The molecule has 3 N–H and O–H groups in total. The third kappa shape index (κ3) is 3.67. The Bertz CT molecular complexity index is 1620. The second-order valence-corrected chi connectivity index (χ2v) is 9.01. The van der Waals surface area contributed by atoms with E-state index in [0.717, 1.165) is 12.1 Å². The summed E-state index contributed by atoms with van der Waals surface area (Å²) in [6, 6.07) is 13.5. The summed E-state index contributed by atoms with van der Waals surface area (Å²) in [5.74, 6) is -0.918. The normalized spacial score (nSPS) is 12.6. The standard InChI is InChI=1S/C23H15NO9S/c25-20-16-10-14(24-34(29,30)15-5-1-12(2-6-15)23(27)28)4-8-17(16)33-22(21(20)26)13-3-7-18-19(9-13)32-11-31-18/h1-10,24,26H,11H2,(H,27,28). The Balaban J connectivity index is 1.50. The molecular weight excluding hydrogens is 466 g/mol. The fourth-order valence-corrected chi connectivity index (χ4v) is 4.52. The van der Waals surface area contributed by atoms with Crippen LogP contribution in [0.3, 0.4) is 0 Å². The highest BCUT2D eigenvalue weighted by Crippen LogP contribution is 2.38. The van der Waals surface area contributed by atoms with E-state index >= 15 is 0 Å². The number of aromatic carboxylic acids is 1. The number of hydrogen-bond acceptors (Lipinski definition) is 8. The molecule has 172 valence electrons. The number of rotatable bonds is 5. The molecule has 4 aromatic rings. The van der Waals surface area contributed by atoms with Gasteiger partial charge in [-0.15, -0.1) is 0 Å². The number of hydrogen-bond donors (Lipinski definition) is 3. The van der Waals surface area contributed by atoms with Gasteiger partial charge in [0.15, 0.2) is 17.3 Å². The van der Waals surface area contributed by atoms with Gasteiger partial charge in [0, 0.05) is 11.3 Å². The van der Waals surface area contributed by atoms with Crippen LogP contribution in [0.15, 0.2) is 74.8 Å². The molecule has 0 unspecified atom stereocenters. The monoisotopic (exact) mass is 481 g/mol. The Morgan fingerprint density at radius 1 is 0.941 bits per heavy atom. The lowest BCUT2D eigenvalue weighted by molar-refractivity contribution is 0.0696. The summed E-state index contributed by atoms with van der Waals surface area (Å²) in [6.45, 7) is 0.0643. The minimum Gasteiger partial charge on any atom is -0.502 e. The van der Waals surface area contributed by atoms with Crippen LogP contribution in [-0.2, 0) is 10.0 Å². The van der Waals surface area contributed by atoms with Crippen molar-refractivity contribution in [3.05, 3.63) is 76.5 Å². The zero-order valence-corrected chi connectivity index (χ0v) is 18.0. The van der Waals surface area contributed by atoms with E-state index in [0.29, 0.717) is 17.1 Å². The van der Waals surface area contributed by atoms with Crippen molar-refractivity contribution in [3.8, 4) is 28.6 Å². The first-order chi connectivity index (χ1) is 16.2. The lowest BCUT2D eigenvalue weighted by Gasteiger charge is -2.10. The SMILES string of the molecule is O=C(O)c1ccc(S(=O)(=O)Nc2ccc3oc(-c4ccc5c(c4)OCO5)c(O)c(=O)c3c2)cc1. The van der Waals surface area contributed by atoms with Crippen LogP contribution in [0, 0.1) is 0 Å². The second-order valence-electron chi connectivity index (χ2n) is 7.32. The molecule has 1 aromatic heterocycles. The topological polar surface area (TPSA) is 152 Å². The van der Waals surface area contributed by atoms with Gasteiger partial charge in [-0.3, -0.25) is 9.52 Å². The van der Waals surface area contributed by atoms with Crippen molar-refractivity contribution < 1.29 is 37.3 Å². The Morgan fingerprint density at radius 2 is 1.68 bits per heavy atom. The van der Waals surface area contributed by atoms with Crippen molar-refractivity contribution in [1.29, 1.82) is 0 Å². The highest BCUT2D eigenvalue weighted by Gasteiger charge is 2.21. The van der Waals surface area contributed by atoms with E-state index in [1.165, 1.54) is 30.3 Å². The summed E-state index contributed by atoms with van der Waals surface area (Å²) in [5.41, 5.74) is -0.228. The molecule has 34 heavy (non-hydrogen) atoms. The van der Waals surface area contributed by atoms with Crippen LogP contribution >= 0.6 is 0 Å². The molecule has 0 fully saturated rings. The summed E-state index contributed by atoms with van der Waals surface area (Å²) in [5, 5.41) is 19.4. The number of nitrogens with one attached hydrogen (secondary N) is 1. The second kappa shape index (κ2) is 7.81. The number of aromatic hydroxyl groups is 1. The lowest BCUT2D eigenvalue weighted by Crippen LogP contribution is -2.13. The van der Waals surface area contributed by atoms with Gasteiger partial charge in [0.05, 0.1) is 15.8 Å². The third-order valence-corrected chi connectivity index (χ3v) is 6.56. The van der Waals surface area contributed by atoms with E-state index in [2.05, 4.69) is 4.72 Å². The number of carbonyl (C=O) groups is 1. The summed E-state index contributed by atoms with van der Waals surface area (Å²) >= 11 is 0. The Morgan fingerprint density at radius 3 is 2.41 bits per heavy atom. The number of benzene rings is 3. The molecular formula is C23H15NO9S. The van der Waals surface area contributed by atoms with Gasteiger partial charge in [0.25, 0.3) is 10.0 Å². The fourth-order valence-electron chi connectivity index (χ4n) is 3.47. The zero-order valence-electron chi connectivity index (χ0n) is 17.1. The maximum Gasteiger partial charge on any atom is 0.335 e. The minimum absolute atomic E-state index is 0.0385. The molecule has 11 heteroatoms. The molecule has 0 radical (unpaired) electrons. The quantitative estimate of drug-likeness (QED) is 0.389. The average Bonchev–Trinajstić information content (AvgIpc) is 3.29. The predicted octanol–water partition coefficient (Wildman–Crippen LogP) is 3.39. The maximum absolute atomic E-state index is 12.8. The highest BCUT2D eigenvalue weighted by atomic mass is 32.2. The van der Waals surface area contributed by atoms with Crippen LogP contribution in [0.2, 0.25) is 0 Å². The minimum atomic E-state index is -4.07. The van der Waals surface area contributed by atoms with Crippen molar-refractivity contribution >= 4 is 32.6 Å². The molecule has 2 heterocycles. The van der Waals surface area contributed by atoms with Gasteiger partial charge < -0.3 is 24.1 Å². The molecule has 1 aliphatic rings. The molecule has 0 amide bonds. The van der Waals surface area contributed by atoms with Crippen LogP contribution in [0.4, 0.5) is 5.69 Å². The van der Waals surface area contributed by atoms with E-state index in [4.69, 9.17) is 19.0 Å². The third-order valence-electron chi connectivity index (χ3n) is 5.16. The number of anilines is 1. The number of carboxylic acids is 1. The van der Waals surface area contributed by atoms with Crippen molar-refractivity contribution in [2.75, 3.05) is 11.5 Å².